The molecule has 0 bridgehead atoms. The van der Waals surface area contributed by atoms with E-state index in [1.54, 1.807) is 10.7 Å². The van der Waals surface area contributed by atoms with E-state index < -0.39 is 5.54 Å². The van der Waals surface area contributed by atoms with Gasteiger partial charge >= 0.3 is 0 Å². The van der Waals surface area contributed by atoms with Crippen molar-refractivity contribution in [3.8, 4) is 0 Å². The quantitative estimate of drug-likeness (QED) is 0.897. The number of rotatable bonds is 4. The van der Waals surface area contributed by atoms with E-state index in [1.807, 2.05) is 26.2 Å². The number of nitrogens with two attached hydrogens (primary N) is 1. The standard InChI is InChI=1S/C13H17FN4/c1-3-13(15,8-11-6-7-18(2)17-11)12-5-4-10(14)9-16-12/h4-7,9H,3,8,15H2,1-2H3. The molecule has 2 heterocycles. The summed E-state index contributed by atoms with van der Waals surface area (Å²) in [5.74, 6) is -0.352. The third-order valence-electron chi connectivity index (χ3n) is 3.13. The average molecular weight is 248 g/mol. The van der Waals surface area contributed by atoms with E-state index in [1.165, 1.54) is 12.3 Å². The summed E-state index contributed by atoms with van der Waals surface area (Å²) in [6.07, 6.45) is 4.37. The Balaban J connectivity index is 2.27. The first kappa shape index (κ1) is 12.7. The smallest absolute Gasteiger partial charge is 0.141 e. The topological polar surface area (TPSA) is 56.7 Å². The molecule has 2 aromatic rings. The fourth-order valence-corrected chi connectivity index (χ4v) is 1.95. The first-order valence-corrected chi connectivity index (χ1v) is 5.93. The molecule has 96 valence electrons. The highest BCUT2D eigenvalue weighted by atomic mass is 19.1. The summed E-state index contributed by atoms with van der Waals surface area (Å²) in [5, 5.41) is 4.32. The van der Waals surface area contributed by atoms with Gasteiger partial charge in [0.05, 0.1) is 23.1 Å². The minimum absolute atomic E-state index is 0.352. The molecule has 5 heteroatoms. The number of nitrogens with zero attached hydrogens (tertiary/aromatic N) is 3. The minimum atomic E-state index is -0.609. The molecule has 2 rings (SSSR count). The van der Waals surface area contributed by atoms with Crippen LogP contribution >= 0.6 is 0 Å². The summed E-state index contributed by atoms with van der Waals surface area (Å²) in [6, 6.07) is 4.96. The predicted molar refractivity (Wildman–Crippen MR) is 67.3 cm³/mol. The SMILES string of the molecule is CCC(N)(Cc1ccn(C)n1)c1ccc(F)cn1. The summed E-state index contributed by atoms with van der Waals surface area (Å²) in [5.41, 5.74) is 7.37. The summed E-state index contributed by atoms with van der Waals surface area (Å²) < 4.78 is 14.6. The van der Waals surface area contributed by atoms with Gasteiger partial charge in [-0.2, -0.15) is 5.10 Å². The van der Waals surface area contributed by atoms with Gasteiger partial charge in [-0.1, -0.05) is 6.92 Å². The van der Waals surface area contributed by atoms with Crippen LogP contribution in [0.1, 0.15) is 24.7 Å². The Kier molecular flexibility index (Phi) is 3.43. The number of aryl methyl sites for hydroxylation is 1. The molecule has 0 aliphatic heterocycles. The lowest BCUT2D eigenvalue weighted by atomic mass is 9.87. The van der Waals surface area contributed by atoms with Crippen LogP contribution < -0.4 is 5.73 Å². The normalized spacial score (nSPS) is 14.4. The second-order valence-electron chi connectivity index (χ2n) is 4.53. The zero-order valence-corrected chi connectivity index (χ0v) is 10.6. The maximum absolute atomic E-state index is 12.9. The van der Waals surface area contributed by atoms with Gasteiger partial charge in [-0.05, 0) is 24.6 Å². The largest absolute Gasteiger partial charge is 0.320 e. The van der Waals surface area contributed by atoms with Crippen LogP contribution in [0.15, 0.2) is 30.6 Å². The summed E-state index contributed by atoms with van der Waals surface area (Å²) in [4.78, 5) is 4.09. The van der Waals surface area contributed by atoms with Crippen molar-refractivity contribution in [3.63, 3.8) is 0 Å². The monoisotopic (exact) mass is 248 g/mol. The van der Waals surface area contributed by atoms with Crippen LogP contribution in [0.3, 0.4) is 0 Å². The molecule has 2 N–H and O–H groups in total. The van der Waals surface area contributed by atoms with Gasteiger partial charge in [-0.15, -0.1) is 0 Å². The molecular weight excluding hydrogens is 231 g/mol. The Morgan fingerprint density at radius 2 is 2.17 bits per heavy atom. The molecule has 18 heavy (non-hydrogen) atoms. The van der Waals surface area contributed by atoms with Crippen molar-refractivity contribution in [3.05, 3.63) is 47.8 Å². The number of aromatic nitrogens is 3. The highest BCUT2D eigenvalue weighted by Crippen LogP contribution is 2.24. The molecule has 0 aromatic carbocycles. The maximum atomic E-state index is 12.9. The number of hydrogen-bond acceptors (Lipinski definition) is 3. The highest BCUT2D eigenvalue weighted by Gasteiger charge is 2.28. The summed E-state index contributed by atoms with van der Waals surface area (Å²) in [6.45, 7) is 1.99. The lowest BCUT2D eigenvalue weighted by molar-refractivity contribution is 0.405. The van der Waals surface area contributed by atoms with Crippen molar-refractivity contribution in [2.24, 2.45) is 12.8 Å². The van der Waals surface area contributed by atoms with Gasteiger partial charge in [-0.25, -0.2) is 4.39 Å². The van der Waals surface area contributed by atoms with Crippen molar-refractivity contribution < 1.29 is 4.39 Å². The second-order valence-corrected chi connectivity index (χ2v) is 4.53. The van der Waals surface area contributed by atoms with E-state index in [4.69, 9.17) is 5.73 Å². The Morgan fingerprint density at radius 3 is 2.67 bits per heavy atom. The van der Waals surface area contributed by atoms with Gasteiger partial charge in [-0.3, -0.25) is 9.67 Å². The van der Waals surface area contributed by atoms with E-state index in [-0.39, 0.29) is 5.82 Å². The third kappa shape index (κ3) is 2.56. The van der Waals surface area contributed by atoms with E-state index in [9.17, 15) is 4.39 Å². The van der Waals surface area contributed by atoms with Gasteiger partial charge < -0.3 is 5.73 Å². The fraction of sp³-hybridized carbons (Fsp3) is 0.385. The highest BCUT2D eigenvalue weighted by molar-refractivity contribution is 5.19. The molecule has 0 radical (unpaired) electrons. The molecule has 2 aromatic heterocycles. The van der Waals surface area contributed by atoms with Crippen molar-refractivity contribution in [1.82, 2.24) is 14.8 Å². The number of pyridine rings is 1. The molecule has 0 aliphatic carbocycles. The fourth-order valence-electron chi connectivity index (χ4n) is 1.95. The molecule has 0 amide bonds. The van der Waals surface area contributed by atoms with E-state index in [0.29, 0.717) is 18.5 Å². The molecule has 0 fully saturated rings. The van der Waals surface area contributed by atoms with Crippen molar-refractivity contribution in [2.75, 3.05) is 0 Å². The van der Waals surface area contributed by atoms with Gasteiger partial charge in [0.2, 0.25) is 0 Å². The Morgan fingerprint density at radius 1 is 1.39 bits per heavy atom. The number of hydrogen-bond donors (Lipinski definition) is 1. The first-order valence-electron chi connectivity index (χ1n) is 5.93. The van der Waals surface area contributed by atoms with E-state index in [0.717, 1.165) is 5.69 Å². The van der Waals surface area contributed by atoms with Gasteiger partial charge in [0, 0.05) is 19.7 Å². The summed E-state index contributed by atoms with van der Waals surface area (Å²) in [7, 11) is 1.86. The van der Waals surface area contributed by atoms with Crippen molar-refractivity contribution in [1.29, 1.82) is 0 Å². The zero-order valence-electron chi connectivity index (χ0n) is 10.6. The zero-order chi connectivity index (χ0) is 13.2. The van der Waals surface area contributed by atoms with Crippen LogP contribution in [-0.4, -0.2) is 14.8 Å². The second kappa shape index (κ2) is 4.86. The van der Waals surface area contributed by atoms with Gasteiger partial charge in [0.25, 0.3) is 0 Å². The van der Waals surface area contributed by atoms with Crippen LogP contribution in [0.4, 0.5) is 4.39 Å². The predicted octanol–water partition coefficient (Wildman–Crippen LogP) is 1.76. The Bertz CT molecular complexity index is 520. The Hall–Kier alpha value is -1.75. The first-order chi connectivity index (χ1) is 8.53. The molecule has 0 saturated heterocycles. The van der Waals surface area contributed by atoms with E-state index >= 15 is 0 Å². The van der Waals surface area contributed by atoms with Crippen LogP contribution in [0.5, 0.6) is 0 Å². The van der Waals surface area contributed by atoms with Gasteiger partial charge in [0.1, 0.15) is 5.82 Å². The molecule has 0 aliphatic rings. The maximum Gasteiger partial charge on any atom is 0.141 e. The molecule has 4 nitrogen and oxygen atoms in total. The van der Waals surface area contributed by atoms with Gasteiger partial charge in [0.15, 0.2) is 0 Å². The molecule has 1 unspecified atom stereocenters. The average Bonchev–Trinajstić information content (AvgIpc) is 2.75. The van der Waals surface area contributed by atoms with Crippen LogP contribution in [-0.2, 0) is 19.0 Å². The van der Waals surface area contributed by atoms with Crippen LogP contribution in [0.25, 0.3) is 0 Å². The van der Waals surface area contributed by atoms with Crippen LogP contribution in [0, 0.1) is 5.82 Å². The minimum Gasteiger partial charge on any atom is -0.320 e. The molecular formula is C13H17FN4. The van der Waals surface area contributed by atoms with Crippen LogP contribution in [0.2, 0.25) is 0 Å². The molecule has 1 atom stereocenters. The summed E-state index contributed by atoms with van der Waals surface area (Å²) >= 11 is 0. The lowest BCUT2D eigenvalue weighted by Gasteiger charge is -2.26. The molecule has 0 spiro atoms. The number of halogens is 1. The van der Waals surface area contributed by atoms with Crippen molar-refractivity contribution >= 4 is 0 Å². The lowest BCUT2D eigenvalue weighted by Crippen LogP contribution is -2.39. The van der Waals surface area contributed by atoms with Crippen molar-refractivity contribution in [2.45, 2.75) is 25.3 Å². The Labute approximate surface area is 106 Å². The molecule has 0 saturated carbocycles. The third-order valence-corrected chi connectivity index (χ3v) is 3.13. The van der Waals surface area contributed by atoms with E-state index in [2.05, 4.69) is 10.1 Å².